The van der Waals surface area contributed by atoms with Gasteiger partial charge in [-0.25, -0.2) is 0 Å². The summed E-state index contributed by atoms with van der Waals surface area (Å²) < 4.78 is 4.01. The van der Waals surface area contributed by atoms with Crippen molar-refractivity contribution < 1.29 is 55.2 Å². The van der Waals surface area contributed by atoms with E-state index in [2.05, 4.69) is 26.7 Å². The zero-order valence-electron chi connectivity index (χ0n) is 2.94. The van der Waals surface area contributed by atoms with Gasteiger partial charge in [0.15, 0.2) is 16.3 Å². The normalized spacial score (nSPS) is 4.20. The van der Waals surface area contributed by atoms with Crippen LogP contribution in [0.5, 0.6) is 0 Å². The molecule has 0 bridgehead atoms. The van der Waals surface area contributed by atoms with E-state index in [0.29, 0.717) is 0 Å². The minimum Gasteiger partial charge on any atom is -0.476 e. The molecule has 0 rings (SSSR count). The van der Waals surface area contributed by atoms with Gasteiger partial charge in [-0.05, 0) is 0 Å². The molecule has 5 heavy (non-hydrogen) atoms. The molecular weight excluding hydrogens is 159 g/mol. The first-order valence-electron chi connectivity index (χ1n) is 0.723. The molecule has 3 heteroatoms. The molecule has 0 heterocycles. The molecular formula is C2H2BrKO. The maximum Gasteiger partial charge on any atom is 1.00 e. The molecule has 0 saturated heterocycles. The number of hydrogen-bond donors (Lipinski definition) is 0. The van der Waals surface area contributed by atoms with Crippen LogP contribution in [0.3, 0.4) is 0 Å². The summed E-state index contributed by atoms with van der Waals surface area (Å²) in [7, 11) is 0. The standard InChI is InChI=1S/C2H2BrO.K/c1-2-4-3;/h1-2H;/q-1;+1. The van der Waals surface area contributed by atoms with Crippen molar-refractivity contribution in [3.8, 4) is 0 Å². The van der Waals surface area contributed by atoms with Gasteiger partial charge in [0.1, 0.15) is 0 Å². The Morgan fingerprint density at radius 1 is 1.80 bits per heavy atom. The molecule has 0 spiro atoms. The van der Waals surface area contributed by atoms with Crippen molar-refractivity contribution in [1.29, 1.82) is 0 Å². The van der Waals surface area contributed by atoms with Gasteiger partial charge in [-0.1, -0.05) is 6.26 Å². The molecule has 0 atom stereocenters. The molecule has 0 aromatic heterocycles. The summed E-state index contributed by atoms with van der Waals surface area (Å²) >= 11 is 2.57. The van der Waals surface area contributed by atoms with Crippen molar-refractivity contribution in [3.63, 3.8) is 0 Å². The van der Waals surface area contributed by atoms with Crippen LogP contribution in [0.25, 0.3) is 0 Å². The van der Waals surface area contributed by atoms with Gasteiger partial charge in [0.2, 0.25) is 0 Å². The van der Waals surface area contributed by atoms with Gasteiger partial charge in [-0.2, -0.15) is 0 Å². The van der Waals surface area contributed by atoms with Gasteiger partial charge in [0.25, 0.3) is 0 Å². The molecule has 0 fully saturated rings. The van der Waals surface area contributed by atoms with Crippen LogP contribution >= 0.6 is 16.3 Å². The first-order valence-corrected chi connectivity index (χ1v) is 1.37. The quantitative estimate of drug-likeness (QED) is 0.252. The molecule has 1 nitrogen and oxygen atoms in total. The Labute approximate surface area is 82.6 Å². The summed E-state index contributed by atoms with van der Waals surface area (Å²) in [5.74, 6) is 0. The van der Waals surface area contributed by atoms with Crippen LogP contribution in [-0.2, 0) is 3.83 Å². The van der Waals surface area contributed by atoms with Crippen LogP contribution in [0.4, 0.5) is 0 Å². The molecule has 0 saturated carbocycles. The summed E-state index contributed by atoms with van der Waals surface area (Å²) in [5, 5.41) is 0. The molecule has 0 aromatic rings. The van der Waals surface area contributed by atoms with Crippen molar-refractivity contribution in [2.75, 3.05) is 0 Å². The van der Waals surface area contributed by atoms with Gasteiger partial charge in [-0.15, -0.1) is 0 Å². The Hall–Kier alpha value is 1.66. The minimum atomic E-state index is 0. The van der Waals surface area contributed by atoms with Gasteiger partial charge in [0, 0.05) is 0 Å². The van der Waals surface area contributed by atoms with E-state index >= 15 is 0 Å². The van der Waals surface area contributed by atoms with Gasteiger partial charge < -0.3 is 10.4 Å². The van der Waals surface area contributed by atoms with Crippen molar-refractivity contribution in [3.05, 3.63) is 12.8 Å². The predicted molar refractivity (Wildman–Crippen MR) is 18.9 cm³/mol. The van der Waals surface area contributed by atoms with E-state index in [4.69, 9.17) is 0 Å². The zero-order chi connectivity index (χ0) is 3.41. The fourth-order valence-electron chi connectivity index (χ4n) is 0. The van der Waals surface area contributed by atoms with Crippen LogP contribution in [0.2, 0.25) is 0 Å². The van der Waals surface area contributed by atoms with E-state index in [1.165, 1.54) is 0 Å². The second kappa shape index (κ2) is 9.17. The third-order valence-electron chi connectivity index (χ3n) is 0.0514. The second-order valence-electron chi connectivity index (χ2n) is 0.225. The number of hydrogen-bond acceptors (Lipinski definition) is 1. The fourth-order valence-corrected chi connectivity index (χ4v) is 0. The SMILES string of the molecule is [CH-]=COBr.[K+]. The summed E-state index contributed by atoms with van der Waals surface area (Å²) in [6.07, 6.45) is 1.04. The summed E-state index contributed by atoms with van der Waals surface area (Å²) in [6.45, 7) is 4.63. The Balaban J connectivity index is 0. The van der Waals surface area contributed by atoms with E-state index in [9.17, 15) is 0 Å². The molecule has 0 aliphatic carbocycles. The van der Waals surface area contributed by atoms with Crippen LogP contribution in [-0.4, -0.2) is 0 Å². The summed E-state index contributed by atoms with van der Waals surface area (Å²) in [5.41, 5.74) is 0. The number of rotatable bonds is 1. The molecule has 0 aromatic carbocycles. The van der Waals surface area contributed by atoms with Crippen molar-refractivity contribution in [2.24, 2.45) is 0 Å². The maximum atomic E-state index is 4.63. The average Bonchev–Trinajstić information content (AvgIpc) is 1.37. The Morgan fingerprint density at radius 2 is 2.00 bits per heavy atom. The third-order valence-corrected chi connectivity index (χ3v) is 0.267. The molecule has 0 aliphatic rings. The van der Waals surface area contributed by atoms with Crippen molar-refractivity contribution in [1.82, 2.24) is 0 Å². The molecule has 24 valence electrons. The van der Waals surface area contributed by atoms with Gasteiger partial charge in [-0.3, -0.25) is 0 Å². The van der Waals surface area contributed by atoms with E-state index < -0.39 is 0 Å². The monoisotopic (exact) mass is 160 g/mol. The maximum absolute atomic E-state index is 4.63. The zero-order valence-corrected chi connectivity index (χ0v) is 7.65. The molecule has 0 N–H and O–H groups in total. The summed E-state index contributed by atoms with van der Waals surface area (Å²) in [4.78, 5) is 0. The smallest absolute Gasteiger partial charge is 0.476 e. The second-order valence-corrected chi connectivity index (χ2v) is 0.599. The van der Waals surface area contributed by atoms with Crippen LogP contribution < -0.4 is 51.4 Å². The van der Waals surface area contributed by atoms with Crippen molar-refractivity contribution in [2.45, 2.75) is 0 Å². The third kappa shape index (κ3) is 10.7. The Morgan fingerprint density at radius 3 is 2.00 bits per heavy atom. The average molecular weight is 161 g/mol. The topological polar surface area (TPSA) is 9.23 Å². The van der Waals surface area contributed by atoms with E-state index in [0.717, 1.165) is 6.26 Å². The van der Waals surface area contributed by atoms with Gasteiger partial charge in [0.05, 0.1) is 0 Å². The largest absolute Gasteiger partial charge is 1.00 e. The first-order chi connectivity index (χ1) is 1.91. The minimum absolute atomic E-state index is 0. The fraction of sp³-hybridized carbons (Fsp3) is 0. The Bertz CT molecular complexity index is 23.6. The summed E-state index contributed by atoms with van der Waals surface area (Å²) in [6, 6.07) is 0. The van der Waals surface area contributed by atoms with Crippen LogP contribution in [0.15, 0.2) is 6.26 Å². The van der Waals surface area contributed by atoms with Gasteiger partial charge >= 0.3 is 51.4 Å². The molecule has 0 unspecified atom stereocenters. The Kier molecular flexibility index (Phi) is 18.0. The van der Waals surface area contributed by atoms with E-state index in [-0.39, 0.29) is 51.4 Å². The van der Waals surface area contributed by atoms with E-state index in [1.807, 2.05) is 0 Å². The molecule has 0 radical (unpaired) electrons. The van der Waals surface area contributed by atoms with E-state index in [1.54, 1.807) is 0 Å². The van der Waals surface area contributed by atoms with Crippen LogP contribution in [0, 0.1) is 6.58 Å². The number of halogens is 1. The molecule has 0 aliphatic heterocycles. The molecule has 0 amide bonds. The predicted octanol–water partition coefficient (Wildman–Crippen LogP) is -1.74. The van der Waals surface area contributed by atoms with Crippen LogP contribution in [0.1, 0.15) is 0 Å². The van der Waals surface area contributed by atoms with Crippen molar-refractivity contribution >= 4 is 16.3 Å². The first kappa shape index (κ1) is 9.82.